The highest BCUT2D eigenvalue weighted by Crippen LogP contribution is 2.22. The van der Waals surface area contributed by atoms with E-state index in [1.165, 1.54) is 0 Å². The fraction of sp³-hybridized carbons (Fsp3) is 0.125. The second kappa shape index (κ2) is 8.86. The second-order valence-electron chi connectivity index (χ2n) is 6.30. The average molecular weight is 357 g/mol. The van der Waals surface area contributed by atoms with Crippen LogP contribution in [-0.2, 0) is 0 Å². The van der Waals surface area contributed by atoms with Crippen molar-refractivity contribution in [2.24, 2.45) is 4.99 Å². The quantitative estimate of drug-likeness (QED) is 0.301. The molecule has 0 amide bonds. The van der Waals surface area contributed by atoms with Crippen molar-refractivity contribution in [3.63, 3.8) is 0 Å². The number of aliphatic imine (C=N–C) groups is 1. The molecule has 3 nitrogen and oxygen atoms in total. The Morgan fingerprint density at radius 2 is 1.30 bits per heavy atom. The topological polar surface area (TPSA) is 30.8 Å². The number of benzene rings is 3. The highest BCUT2D eigenvalue weighted by molar-refractivity contribution is 5.96. The largest absolute Gasteiger partial charge is 0.464 e. The number of para-hydroxylation sites is 3. The van der Waals surface area contributed by atoms with Gasteiger partial charge in [0.1, 0.15) is 11.5 Å². The second-order valence-corrected chi connectivity index (χ2v) is 6.30. The molecule has 0 saturated carbocycles. The number of hydrogen-bond acceptors (Lipinski definition) is 3. The Hall–Kier alpha value is -3.33. The van der Waals surface area contributed by atoms with E-state index in [2.05, 4.69) is 4.99 Å². The van der Waals surface area contributed by atoms with Gasteiger partial charge in [0, 0.05) is 5.57 Å². The van der Waals surface area contributed by atoms with Crippen LogP contribution in [0.3, 0.4) is 0 Å². The lowest BCUT2D eigenvalue weighted by atomic mass is 10.2. The van der Waals surface area contributed by atoms with Crippen LogP contribution in [0, 0.1) is 13.8 Å². The highest BCUT2D eigenvalue weighted by Gasteiger charge is 2.09. The van der Waals surface area contributed by atoms with E-state index < -0.39 is 0 Å². The van der Waals surface area contributed by atoms with Gasteiger partial charge in [0.15, 0.2) is 0 Å². The Kier molecular flexibility index (Phi) is 6.06. The van der Waals surface area contributed by atoms with E-state index in [1.807, 2.05) is 99.6 Å². The standard InChI is InChI=1S/C24H23NO2/c1-18-11-7-9-15-22(18)26-17-20(3)24(25-21-13-5-4-6-14-21)27-23-16-10-8-12-19(23)2/h4-17H,1-3H3/b20-17?,25-24+. The van der Waals surface area contributed by atoms with Crippen molar-refractivity contribution >= 4 is 11.6 Å². The molecule has 0 heterocycles. The summed E-state index contributed by atoms with van der Waals surface area (Å²) in [5.41, 5.74) is 3.74. The summed E-state index contributed by atoms with van der Waals surface area (Å²) in [4.78, 5) is 4.68. The van der Waals surface area contributed by atoms with Gasteiger partial charge in [0.25, 0.3) is 0 Å². The summed E-state index contributed by atoms with van der Waals surface area (Å²) < 4.78 is 12.0. The third kappa shape index (κ3) is 5.08. The van der Waals surface area contributed by atoms with Crippen molar-refractivity contribution in [1.82, 2.24) is 0 Å². The van der Waals surface area contributed by atoms with E-state index in [-0.39, 0.29) is 0 Å². The molecule has 0 N–H and O–H groups in total. The number of nitrogens with zero attached hydrogens (tertiary/aromatic N) is 1. The summed E-state index contributed by atoms with van der Waals surface area (Å²) in [6, 6.07) is 25.5. The number of hydrogen-bond donors (Lipinski definition) is 0. The molecule has 0 spiro atoms. The van der Waals surface area contributed by atoms with Gasteiger partial charge in [0.05, 0.1) is 11.9 Å². The minimum atomic E-state index is 0.504. The minimum Gasteiger partial charge on any atom is -0.464 e. The summed E-state index contributed by atoms with van der Waals surface area (Å²) in [6.45, 7) is 5.96. The molecule has 0 aromatic heterocycles. The van der Waals surface area contributed by atoms with Crippen molar-refractivity contribution < 1.29 is 9.47 Å². The predicted octanol–water partition coefficient (Wildman–Crippen LogP) is 6.40. The third-order valence-electron chi connectivity index (χ3n) is 4.08. The maximum atomic E-state index is 6.13. The maximum Gasteiger partial charge on any atom is 0.225 e. The Bertz CT molecular complexity index is 959. The zero-order chi connectivity index (χ0) is 19.1. The van der Waals surface area contributed by atoms with E-state index in [0.717, 1.165) is 33.9 Å². The van der Waals surface area contributed by atoms with Crippen molar-refractivity contribution in [1.29, 1.82) is 0 Å². The van der Waals surface area contributed by atoms with E-state index in [1.54, 1.807) is 6.26 Å². The number of ether oxygens (including phenoxy) is 2. The van der Waals surface area contributed by atoms with Gasteiger partial charge >= 0.3 is 0 Å². The maximum absolute atomic E-state index is 6.13. The van der Waals surface area contributed by atoms with E-state index in [9.17, 15) is 0 Å². The highest BCUT2D eigenvalue weighted by atomic mass is 16.5. The Balaban J connectivity index is 1.91. The summed E-state index contributed by atoms with van der Waals surface area (Å²) in [5.74, 6) is 2.09. The predicted molar refractivity (Wildman–Crippen MR) is 111 cm³/mol. The number of rotatable bonds is 5. The van der Waals surface area contributed by atoms with Gasteiger partial charge in [-0.05, 0) is 56.2 Å². The van der Waals surface area contributed by atoms with Crippen LogP contribution in [0.4, 0.5) is 5.69 Å². The molecule has 136 valence electrons. The summed E-state index contributed by atoms with van der Waals surface area (Å²) >= 11 is 0. The van der Waals surface area contributed by atoms with Crippen LogP contribution in [0.25, 0.3) is 0 Å². The first kappa shape index (κ1) is 18.5. The first-order valence-corrected chi connectivity index (χ1v) is 8.90. The lowest BCUT2D eigenvalue weighted by Gasteiger charge is -2.12. The molecule has 0 saturated heterocycles. The first-order chi connectivity index (χ1) is 13.1. The molecule has 3 aromatic rings. The molecule has 0 aliphatic carbocycles. The number of aryl methyl sites for hydroxylation is 2. The molecule has 3 rings (SSSR count). The third-order valence-corrected chi connectivity index (χ3v) is 4.08. The molecule has 0 bridgehead atoms. The lowest BCUT2D eigenvalue weighted by Crippen LogP contribution is -2.11. The van der Waals surface area contributed by atoms with Crippen molar-refractivity contribution in [3.8, 4) is 11.5 Å². The molecular weight excluding hydrogens is 334 g/mol. The molecule has 0 atom stereocenters. The van der Waals surface area contributed by atoms with Gasteiger partial charge in [-0.15, -0.1) is 0 Å². The van der Waals surface area contributed by atoms with Gasteiger partial charge in [-0.2, -0.15) is 0 Å². The van der Waals surface area contributed by atoms with Crippen molar-refractivity contribution in [3.05, 3.63) is 102 Å². The van der Waals surface area contributed by atoms with Crippen LogP contribution < -0.4 is 9.47 Å². The summed E-state index contributed by atoms with van der Waals surface area (Å²) in [6.07, 6.45) is 1.68. The monoisotopic (exact) mass is 357 g/mol. The SMILES string of the molecule is CC(=COc1ccccc1C)/C(=N\c1ccccc1)Oc1ccccc1C. The molecule has 0 aliphatic heterocycles. The smallest absolute Gasteiger partial charge is 0.225 e. The van der Waals surface area contributed by atoms with Crippen molar-refractivity contribution in [2.75, 3.05) is 0 Å². The Morgan fingerprint density at radius 1 is 0.741 bits per heavy atom. The zero-order valence-electron chi connectivity index (χ0n) is 15.8. The minimum absolute atomic E-state index is 0.504. The molecule has 0 aliphatic rings. The zero-order valence-corrected chi connectivity index (χ0v) is 15.8. The molecular formula is C24H23NO2. The van der Waals surface area contributed by atoms with Crippen LogP contribution in [0.2, 0.25) is 0 Å². The normalized spacial score (nSPS) is 12.0. The molecule has 0 unspecified atom stereocenters. The van der Waals surface area contributed by atoms with Gasteiger partial charge < -0.3 is 9.47 Å². The van der Waals surface area contributed by atoms with E-state index in [4.69, 9.17) is 9.47 Å². The fourth-order valence-corrected chi connectivity index (χ4v) is 2.48. The average Bonchev–Trinajstić information content (AvgIpc) is 2.69. The van der Waals surface area contributed by atoms with Crippen molar-refractivity contribution in [2.45, 2.75) is 20.8 Å². The Morgan fingerprint density at radius 3 is 1.93 bits per heavy atom. The molecule has 27 heavy (non-hydrogen) atoms. The summed E-state index contributed by atoms with van der Waals surface area (Å²) in [7, 11) is 0. The van der Waals surface area contributed by atoms with Gasteiger partial charge in [-0.3, -0.25) is 0 Å². The van der Waals surface area contributed by atoms with E-state index in [0.29, 0.717) is 5.90 Å². The molecule has 0 fully saturated rings. The van der Waals surface area contributed by atoms with Crippen LogP contribution in [0.5, 0.6) is 11.5 Å². The van der Waals surface area contributed by atoms with Gasteiger partial charge in [-0.25, -0.2) is 4.99 Å². The van der Waals surface area contributed by atoms with Crippen LogP contribution in [0.15, 0.2) is 95.7 Å². The molecule has 3 heteroatoms. The molecule has 0 radical (unpaired) electrons. The summed E-state index contributed by atoms with van der Waals surface area (Å²) in [5, 5.41) is 0. The van der Waals surface area contributed by atoms with Crippen LogP contribution in [0.1, 0.15) is 18.1 Å². The van der Waals surface area contributed by atoms with Crippen LogP contribution in [-0.4, -0.2) is 5.90 Å². The van der Waals surface area contributed by atoms with Crippen LogP contribution >= 0.6 is 0 Å². The lowest BCUT2D eigenvalue weighted by molar-refractivity contribution is 0.470. The Labute approximate surface area is 160 Å². The first-order valence-electron chi connectivity index (χ1n) is 8.90. The van der Waals surface area contributed by atoms with Gasteiger partial charge in [0.2, 0.25) is 5.90 Å². The van der Waals surface area contributed by atoms with E-state index >= 15 is 0 Å². The van der Waals surface area contributed by atoms with Gasteiger partial charge in [-0.1, -0.05) is 54.6 Å². The molecule has 3 aromatic carbocycles. The fourth-order valence-electron chi connectivity index (χ4n) is 2.48.